The summed E-state index contributed by atoms with van der Waals surface area (Å²) in [5.74, 6) is 1.77. The van der Waals surface area contributed by atoms with Crippen molar-refractivity contribution in [2.24, 2.45) is 0 Å². The van der Waals surface area contributed by atoms with E-state index < -0.39 is 0 Å². The standard InChI is InChI=1S/C13H12BrClIN3S/c14-7-5-8(20-11(7)15)13-18-10(6-3-1-2-4-6)9(16)12(17)19-13/h5-6H,1-4H2,(H2,17,18,19). The van der Waals surface area contributed by atoms with Crippen LogP contribution in [0.15, 0.2) is 10.5 Å². The van der Waals surface area contributed by atoms with Gasteiger partial charge in [-0.3, -0.25) is 0 Å². The molecule has 0 amide bonds. The molecule has 20 heavy (non-hydrogen) atoms. The monoisotopic (exact) mass is 483 g/mol. The van der Waals surface area contributed by atoms with E-state index in [-0.39, 0.29) is 0 Å². The molecule has 1 fully saturated rings. The highest BCUT2D eigenvalue weighted by Gasteiger charge is 2.24. The van der Waals surface area contributed by atoms with Gasteiger partial charge in [0.05, 0.1) is 14.1 Å². The molecule has 0 spiro atoms. The topological polar surface area (TPSA) is 51.8 Å². The van der Waals surface area contributed by atoms with Crippen LogP contribution in [0.3, 0.4) is 0 Å². The molecule has 7 heteroatoms. The molecule has 2 N–H and O–H groups in total. The predicted octanol–water partition coefficient (Wildman–Crippen LogP) is 5.47. The second-order valence-corrected chi connectivity index (χ2v) is 8.43. The molecule has 0 saturated heterocycles. The highest BCUT2D eigenvalue weighted by atomic mass is 127. The Morgan fingerprint density at radius 1 is 1.35 bits per heavy atom. The Balaban J connectivity index is 2.08. The predicted molar refractivity (Wildman–Crippen MR) is 96.4 cm³/mol. The number of hydrogen-bond donors (Lipinski definition) is 1. The van der Waals surface area contributed by atoms with Crippen molar-refractivity contribution in [3.63, 3.8) is 0 Å². The van der Waals surface area contributed by atoms with Crippen LogP contribution in [0.5, 0.6) is 0 Å². The van der Waals surface area contributed by atoms with E-state index >= 15 is 0 Å². The van der Waals surface area contributed by atoms with Crippen molar-refractivity contribution in [1.82, 2.24) is 9.97 Å². The zero-order valence-corrected chi connectivity index (χ0v) is 15.8. The number of nitrogens with two attached hydrogens (primary N) is 1. The van der Waals surface area contributed by atoms with Gasteiger partial charge in [0.2, 0.25) is 0 Å². The Bertz CT molecular complexity index is 636. The summed E-state index contributed by atoms with van der Waals surface area (Å²) < 4.78 is 2.59. The highest BCUT2D eigenvalue weighted by molar-refractivity contribution is 14.1. The van der Waals surface area contributed by atoms with Crippen molar-refractivity contribution in [2.75, 3.05) is 5.73 Å². The lowest BCUT2D eigenvalue weighted by atomic mass is 10.0. The number of nitrogens with zero attached hydrogens (tertiary/aromatic N) is 2. The molecule has 3 nitrogen and oxygen atoms in total. The molecular formula is C13H12BrClIN3S. The Hall–Kier alpha value is 0.0800. The van der Waals surface area contributed by atoms with Crippen LogP contribution in [0.2, 0.25) is 4.34 Å². The van der Waals surface area contributed by atoms with Gasteiger partial charge in [0, 0.05) is 10.4 Å². The van der Waals surface area contributed by atoms with E-state index in [1.54, 1.807) is 0 Å². The fourth-order valence-corrected chi connectivity index (χ4v) is 4.84. The Kier molecular flexibility index (Phi) is 4.54. The van der Waals surface area contributed by atoms with Gasteiger partial charge in [0.1, 0.15) is 10.2 Å². The zero-order valence-electron chi connectivity index (χ0n) is 10.5. The van der Waals surface area contributed by atoms with Crippen LogP contribution in [0, 0.1) is 3.57 Å². The van der Waals surface area contributed by atoms with E-state index in [1.165, 1.54) is 37.0 Å². The van der Waals surface area contributed by atoms with Crippen molar-refractivity contribution in [1.29, 1.82) is 0 Å². The number of hydrogen-bond acceptors (Lipinski definition) is 4. The second-order valence-electron chi connectivity index (χ2n) is 4.85. The Morgan fingerprint density at radius 3 is 2.65 bits per heavy atom. The van der Waals surface area contributed by atoms with Crippen molar-refractivity contribution in [3.8, 4) is 10.7 Å². The fourth-order valence-electron chi connectivity index (χ4n) is 2.52. The van der Waals surface area contributed by atoms with Crippen LogP contribution in [0.25, 0.3) is 10.7 Å². The number of aromatic nitrogens is 2. The SMILES string of the molecule is Nc1nc(-c2cc(Br)c(Cl)s2)nc(C2CCCC2)c1I. The smallest absolute Gasteiger partial charge is 0.172 e. The first kappa shape index (κ1) is 15.0. The Morgan fingerprint density at radius 2 is 2.05 bits per heavy atom. The summed E-state index contributed by atoms with van der Waals surface area (Å²) >= 11 is 13.3. The first-order chi connectivity index (χ1) is 9.56. The van der Waals surface area contributed by atoms with Crippen molar-refractivity contribution in [3.05, 3.63) is 24.1 Å². The molecule has 0 radical (unpaired) electrons. The molecule has 0 bridgehead atoms. The van der Waals surface area contributed by atoms with Gasteiger partial charge in [0.25, 0.3) is 0 Å². The summed E-state index contributed by atoms with van der Waals surface area (Å²) in [6, 6.07) is 1.95. The number of nitrogen functional groups attached to an aromatic ring is 1. The summed E-state index contributed by atoms with van der Waals surface area (Å²) in [6.45, 7) is 0. The molecular weight excluding hydrogens is 472 g/mol. The molecule has 2 heterocycles. The van der Waals surface area contributed by atoms with Gasteiger partial charge in [-0.05, 0) is 57.4 Å². The summed E-state index contributed by atoms with van der Waals surface area (Å²) in [6.07, 6.45) is 4.94. The van der Waals surface area contributed by atoms with Gasteiger partial charge in [-0.25, -0.2) is 9.97 Å². The highest BCUT2D eigenvalue weighted by Crippen LogP contribution is 2.40. The van der Waals surface area contributed by atoms with E-state index in [4.69, 9.17) is 22.3 Å². The molecule has 1 aliphatic carbocycles. The fraction of sp³-hybridized carbons (Fsp3) is 0.385. The number of anilines is 1. The third kappa shape index (κ3) is 2.84. The molecule has 2 aromatic heterocycles. The second kappa shape index (κ2) is 6.06. The maximum Gasteiger partial charge on any atom is 0.172 e. The minimum absolute atomic E-state index is 0.518. The van der Waals surface area contributed by atoms with Gasteiger partial charge in [0.15, 0.2) is 5.82 Å². The molecule has 0 atom stereocenters. The van der Waals surface area contributed by atoms with E-state index in [0.29, 0.717) is 21.9 Å². The third-order valence-electron chi connectivity index (χ3n) is 3.51. The van der Waals surface area contributed by atoms with Crippen LogP contribution >= 0.6 is 61.5 Å². The summed E-state index contributed by atoms with van der Waals surface area (Å²) in [5.41, 5.74) is 7.18. The summed E-state index contributed by atoms with van der Waals surface area (Å²) in [4.78, 5) is 10.1. The van der Waals surface area contributed by atoms with Gasteiger partial charge in [-0.15, -0.1) is 11.3 Å². The van der Waals surface area contributed by atoms with E-state index in [9.17, 15) is 0 Å². The summed E-state index contributed by atoms with van der Waals surface area (Å²) in [7, 11) is 0. The van der Waals surface area contributed by atoms with E-state index in [2.05, 4.69) is 43.5 Å². The summed E-state index contributed by atoms with van der Waals surface area (Å²) in [5, 5.41) is 0. The largest absolute Gasteiger partial charge is 0.383 e. The average Bonchev–Trinajstić information content (AvgIpc) is 3.04. The third-order valence-corrected chi connectivity index (χ3v) is 7.09. The normalized spacial score (nSPS) is 15.9. The Labute approximate surface area is 148 Å². The molecule has 0 unspecified atom stereocenters. The molecule has 0 aromatic carbocycles. The quantitative estimate of drug-likeness (QED) is 0.576. The van der Waals surface area contributed by atoms with Crippen LogP contribution in [0.1, 0.15) is 37.3 Å². The number of rotatable bonds is 2. The molecule has 2 aromatic rings. The van der Waals surface area contributed by atoms with Crippen LogP contribution in [-0.2, 0) is 0 Å². The van der Waals surface area contributed by atoms with Gasteiger partial charge in [-0.1, -0.05) is 24.4 Å². The first-order valence-electron chi connectivity index (χ1n) is 6.34. The van der Waals surface area contributed by atoms with Crippen LogP contribution in [-0.4, -0.2) is 9.97 Å². The lowest BCUT2D eigenvalue weighted by Crippen LogP contribution is -2.07. The van der Waals surface area contributed by atoms with E-state index in [1.807, 2.05) is 6.07 Å². The van der Waals surface area contributed by atoms with E-state index in [0.717, 1.165) is 18.6 Å². The van der Waals surface area contributed by atoms with Crippen LogP contribution < -0.4 is 5.73 Å². The number of thiophene rings is 1. The molecule has 0 aliphatic heterocycles. The van der Waals surface area contributed by atoms with Crippen molar-refractivity contribution >= 4 is 67.3 Å². The lowest BCUT2D eigenvalue weighted by molar-refractivity contribution is 0.691. The first-order valence-corrected chi connectivity index (χ1v) is 9.41. The van der Waals surface area contributed by atoms with Gasteiger partial charge < -0.3 is 5.73 Å². The maximum absolute atomic E-state index is 6.10. The van der Waals surface area contributed by atoms with Gasteiger partial charge >= 0.3 is 0 Å². The van der Waals surface area contributed by atoms with Crippen LogP contribution in [0.4, 0.5) is 5.82 Å². The number of halogens is 3. The van der Waals surface area contributed by atoms with Crippen molar-refractivity contribution < 1.29 is 0 Å². The zero-order chi connectivity index (χ0) is 14.3. The van der Waals surface area contributed by atoms with Crippen molar-refractivity contribution in [2.45, 2.75) is 31.6 Å². The minimum atomic E-state index is 0.518. The lowest BCUT2D eigenvalue weighted by Gasteiger charge is -2.13. The molecule has 106 valence electrons. The molecule has 1 aliphatic rings. The molecule has 1 saturated carbocycles. The minimum Gasteiger partial charge on any atom is -0.383 e. The maximum atomic E-state index is 6.10. The average molecular weight is 485 g/mol. The molecule has 3 rings (SSSR count). The van der Waals surface area contributed by atoms with Gasteiger partial charge in [-0.2, -0.15) is 0 Å².